The molecule has 0 spiro atoms. The maximum atomic E-state index is 13.4. The lowest BCUT2D eigenvalue weighted by Crippen LogP contribution is -2.41. The first kappa shape index (κ1) is 37.7. The quantitative estimate of drug-likeness (QED) is 0.0703. The number of rotatable bonds is 15. The Morgan fingerprint density at radius 3 is 2.27 bits per heavy atom. The number of hydrogen-bond donors (Lipinski definition) is 0. The zero-order valence-corrected chi connectivity index (χ0v) is 31.0. The van der Waals surface area contributed by atoms with Gasteiger partial charge < -0.3 is 18.6 Å². The average molecular weight is 689 g/mol. The molecule has 4 aromatic rings. The number of fused-ring (bicyclic) bond motifs is 1. The summed E-state index contributed by atoms with van der Waals surface area (Å²) in [6.07, 6.45) is 5.77. The summed E-state index contributed by atoms with van der Waals surface area (Å²) in [5, 5.41) is 0.946. The molecule has 1 saturated heterocycles. The summed E-state index contributed by atoms with van der Waals surface area (Å²) in [6.45, 7) is 13.2. The van der Waals surface area contributed by atoms with Gasteiger partial charge in [0.05, 0.1) is 19.1 Å². The van der Waals surface area contributed by atoms with Crippen molar-refractivity contribution in [2.24, 2.45) is 23.7 Å². The van der Waals surface area contributed by atoms with Gasteiger partial charge in [-0.05, 0) is 85.9 Å². The van der Waals surface area contributed by atoms with Crippen molar-refractivity contribution in [1.29, 1.82) is 0 Å². The molecular weight excluding hydrogens is 636 g/mol. The van der Waals surface area contributed by atoms with Crippen molar-refractivity contribution in [1.82, 2.24) is 0 Å². The highest BCUT2D eigenvalue weighted by Crippen LogP contribution is 2.34. The molecule has 0 saturated carbocycles. The first-order chi connectivity index (χ1) is 24.5. The first-order valence-electron chi connectivity index (χ1n) is 18.3. The van der Waals surface area contributed by atoms with Crippen LogP contribution in [-0.4, -0.2) is 30.8 Å². The first-order valence-corrected chi connectivity index (χ1v) is 18.3. The van der Waals surface area contributed by atoms with Crippen molar-refractivity contribution < 1.29 is 28.2 Å². The van der Waals surface area contributed by atoms with Crippen LogP contribution in [0.15, 0.2) is 94.9 Å². The third-order valence-electron chi connectivity index (χ3n) is 9.23. The van der Waals surface area contributed by atoms with E-state index in [9.17, 15) is 9.59 Å². The van der Waals surface area contributed by atoms with E-state index in [1.54, 1.807) is 0 Å². The number of hydrogen-bond acceptors (Lipinski definition) is 6. The van der Waals surface area contributed by atoms with Gasteiger partial charge in [-0.3, -0.25) is 4.79 Å². The van der Waals surface area contributed by atoms with Crippen LogP contribution in [0.5, 0.6) is 0 Å². The molecule has 0 bridgehead atoms. The van der Waals surface area contributed by atoms with Crippen molar-refractivity contribution in [2.75, 3.05) is 13.2 Å². The van der Waals surface area contributed by atoms with Gasteiger partial charge in [-0.2, -0.15) is 0 Å². The smallest absolute Gasteiger partial charge is 0.334 e. The number of furan rings is 1. The molecule has 6 heteroatoms. The molecule has 0 amide bonds. The van der Waals surface area contributed by atoms with E-state index in [4.69, 9.17) is 18.6 Å². The zero-order chi connectivity index (χ0) is 36.4. The summed E-state index contributed by atoms with van der Waals surface area (Å²) in [5.41, 5.74) is 4.28. The number of esters is 2. The molecule has 1 aromatic heterocycles. The minimum atomic E-state index is -1.09. The van der Waals surface area contributed by atoms with Gasteiger partial charge in [0.25, 0.3) is 0 Å². The molecule has 1 aliphatic heterocycles. The summed E-state index contributed by atoms with van der Waals surface area (Å²) < 4.78 is 24.1. The van der Waals surface area contributed by atoms with Crippen molar-refractivity contribution in [3.63, 3.8) is 0 Å². The number of benzene rings is 3. The highest BCUT2D eigenvalue weighted by Gasteiger charge is 2.45. The third-order valence-corrected chi connectivity index (χ3v) is 9.23. The van der Waals surface area contributed by atoms with Gasteiger partial charge in [-0.1, -0.05) is 101 Å². The molecule has 268 valence electrons. The summed E-state index contributed by atoms with van der Waals surface area (Å²) in [6, 6.07) is 25.8. The lowest BCUT2D eigenvalue weighted by atomic mass is 9.86. The molecule has 0 N–H and O–H groups in total. The predicted molar refractivity (Wildman–Crippen MR) is 202 cm³/mol. The van der Waals surface area contributed by atoms with Crippen LogP contribution in [0, 0.1) is 42.4 Å². The van der Waals surface area contributed by atoms with Gasteiger partial charge in [0.1, 0.15) is 18.0 Å². The van der Waals surface area contributed by atoms with Gasteiger partial charge >= 0.3 is 11.9 Å². The largest absolute Gasteiger partial charge is 0.461 e. The van der Waals surface area contributed by atoms with Crippen LogP contribution < -0.4 is 0 Å². The Hall–Kier alpha value is -4.60. The molecule has 5 rings (SSSR count). The van der Waals surface area contributed by atoms with E-state index in [0.29, 0.717) is 48.5 Å². The monoisotopic (exact) mass is 688 g/mol. The molecule has 6 nitrogen and oxygen atoms in total. The number of ether oxygens (including phenoxy) is 3. The Morgan fingerprint density at radius 2 is 1.57 bits per heavy atom. The molecule has 2 heterocycles. The normalized spacial score (nSPS) is 17.3. The van der Waals surface area contributed by atoms with E-state index in [1.165, 1.54) is 5.56 Å². The Bertz CT molecular complexity index is 1840. The Morgan fingerprint density at radius 1 is 0.882 bits per heavy atom. The highest BCUT2D eigenvalue weighted by molar-refractivity contribution is 5.91. The summed E-state index contributed by atoms with van der Waals surface area (Å²) >= 11 is 0. The second-order valence-electron chi connectivity index (χ2n) is 15.1. The standard InChI is InChI=1S/C45H52O6/c1-31(2)22-38(23-32(3)4)19-21-40-27-45(51-44(40)47,29-48-28-37-10-8-7-9-11-37)30-49-43(46)34(6)24-41-26-39-20-18-36(25-42(39)50-41)17-16-35-14-12-33(5)13-15-35/h7-15,18,20-21,25-26,31-32,34,38H,19,22-24,27-30H2,1-6H3/b40-21+/t34-,45-/m1/s1. The van der Waals surface area contributed by atoms with Crippen LogP contribution >= 0.6 is 0 Å². The van der Waals surface area contributed by atoms with Gasteiger partial charge in [-0.15, -0.1) is 0 Å². The second-order valence-corrected chi connectivity index (χ2v) is 15.1. The number of allylic oxidation sites excluding steroid dienone is 1. The molecular formula is C45H52O6. The summed E-state index contributed by atoms with van der Waals surface area (Å²) in [7, 11) is 0. The van der Waals surface area contributed by atoms with Crippen LogP contribution in [-0.2, 0) is 36.8 Å². The van der Waals surface area contributed by atoms with Crippen LogP contribution in [0.1, 0.15) is 88.3 Å². The van der Waals surface area contributed by atoms with E-state index in [-0.39, 0.29) is 25.2 Å². The van der Waals surface area contributed by atoms with Gasteiger partial charge in [0.15, 0.2) is 5.60 Å². The average Bonchev–Trinajstić information content (AvgIpc) is 3.64. The molecule has 0 aliphatic carbocycles. The topological polar surface area (TPSA) is 75.0 Å². The Balaban J connectivity index is 1.23. The zero-order valence-electron chi connectivity index (χ0n) is 31.0. The Kier molecular flexibility index (Phi) is 13.0. The lowest BCUT2D eigenvalue weighted by molar-refractivity contribution is -0.171. The van der Waals surface area contributed by atoms with Crippen LogP contribution in [0.2, 0.25) is 0 Å². The molecule has 1 fully saturated rings. The van der Waals surface area contributed by atoms with E-state index in [2.05, 4.69) is 46.5 Å². The van der Waals surface area contributed by atoms with E-state index in [0.717, 1.165) is 46.9 Å². The predicted octanol–water partition coefficient (Wildman–Crippen LogP) is 9.79. The Labute approximate surface area is 303 Å². The SMILES string of the molecule is Cc1ccc(C#Cc2ccc3cc(C[C@@H](C)C(=O)OC[C@]4(COCc5ccccc5)C/C(=C\CC(CC(C)C)CC(C)C)C(=O)O4)oc3c2)cc1. The van der Waals surface area contributed by atoms with Crippen LogP contribution in [0.25, 0.3) is 11.0 Å². The minimum Gasteiger partial charge on any atom is -0.461 e. The van der Waals surface area contributed by atoms with E-state index in [1.807, 2.05) is 91.9 Å². The molecule has 2 atom stereocenters. The number of aryl methyl sites for hydroxylation is 1. The molecule has 0 radical (unpaired) electrons. The van der Waals surface area contributed by atoms with E-state index < -0.39 is 11.5 Å². The molecule has 1 aliphatic rings. The fourth-order valence-electron chi connectivity index (χ4n) is 6.71. The third kappa shape index (κ3) is 11.2. The van der Waals surface area contributed by atoms with Crippen molar-refractivity contribution in [3.8, 4) is 11.8 Å². The number of cyclic esters (lactones) is 1. The van der Waals surface area contributed by atoms with Crippen molar-refractivity contribution in [2.45, 2.75) is 85.9 Å². The van der Waals surface area contributed by atoms with E-state index >= 15 is 0 Å². The summed E-state index contributed by atoms with van der Waals surface area (Å²) in [5.74, 6) is 7.53. The van der Waals surface area contributed by atoms with Gasteiger partial charge in [-0.25, -0.2) is 4.79 Å². The highest BCUT2D eigenvalue weighted by atomic mass is 16.6. The van der Waals surface area contributed by atoms with Crippen molar-refractivity contribution >= 4 is 22.9 Å². The fraction of sp³-hybridized carbons (Fsp3) is 0.422. The molecule has 51 heavy (non-hydrogen) atoms. The summed E-state index contributed by atoms with van der Waals surface area (Å²) in [4.78, 5) is 26.6. The maximum absolute atomic E-state index is 13.4. The maximum Gasteiger partial charge on any atom is 0.334 e. The van der Waals surface area contributed by atoms with Gasteiger partial charge in [0, 0.05) is 34.9 Å². The fourth-order valence-corrected chi connectivity index (χ4v) is 6.71. The van der Waals surface area contributed by atoms with Crippen LogP contribution in [0.3, 0.4) is 0 Å². The number of carbonyl (C=O) groups is 2. The second kappa shape index (κ2) is 17.6. The lowest BCUT2D eigenvalue weighted by Gasteiger charge is -2.27. The van der Waals surface area contributed by atoms with Crippen molar-refractivity contribution in [3.05, 3.63) is 119 Å². The van der Waals surface area contributed by atoms with Gasteiger partial charge in [0.2, 0.25) is 0 Å². The minimum absolute atomic E-state index is 0.0847. The molecule has 3 aromatic carbocycles. The number of carbonyl (C=O) groups excluding carboxylic acids is 2. The van der Waals surface area contributed by atoms with Crippen LogP contribution in [0.4, 0.5) is 0 Å². The molecule has 0 unspecified atom stereocenters.